The zero-order valence-electron chi connectivity index (χ0n) is 11.0. The van der Waals surface area contributed by atoms with E-state index in [1.807, 2.05) is 6.92 Å². The predicted octanol–water partition coefficient (Wildman–Crippen LogP) is 3.73. The molecular formula is C14H18BrF2NO. The predicted molar refractivity (Wildman–Crippen MR) is 74.0 cm³/mol. The first-order valence-electron chi connectivity index (χ1n) is 6.58. The van der Waals surface area contributed by atoms with Crippen molar-refractivity contribution in [1.82, 2.24) is 4.90 Å². The molecule has 1 aliphatic rings. The molecule has 0 bridgehead atoms. The molecule has 0 aliphatic carbocycles. The van der Waals surface area contributed by atoms with Gasteiger partial charge >= 0.3 is 0 Å². The van der Waals surface area contributed by atoms with Crippen LogP contribution in [0.15, 0.2) is 16.6 Å². The van der Waals surface area contributed by atoms with Crippen molar-refractivity contribution in [2.75, 3.05) is 19.7 Å². The van der Waals surface area contributed by atoms with Crippen molar-refractivity contribution in [2.24, 2.45) is 0 Å². The van der Waals surface area contributed by atoms with Crippen molar-refractivity contribution >= 4 is 15.9 Å². The molecule has 1 unspecified atom stereocenters. The van der Waals surface area contributed by atoms with Crippen LogP contribution in [0.25, 0.3) is 0 Å². The first-order chi connectivity index (χ1) is 9.11. The Morgan fingerprint density at radius 3 is 2.95 bits per heavy atom. The summed E-state index contributed by atoms with van der Waals surface area (Å²) in [7, 11) is 0. The highest BCUT2D eigenvalue weighted by Gasteiger charge is 2.22. The molecule has 1 saturated heterocycles. The summed E-state index contributed by atoms with van der Waals surface area (Å²) in [4.78, 5) is 2.05. The van der Waals surface area contributed by atoms with Crippen LogP contribution in [-0.2, 0) is 11.3 Å². The van der Waals surface area contributed by atoms with E-state index in [9.17, 15) is 8.78 Å². The molecule has 1 aromatic carbocycles. The van der Waals surface area contributed by atoms with Gasteiger partial charge in [-0.15, -0.1) is 0 Å². The van der Waals surface area contributed by atoms with Gasteiger partial charge < -0.3 is 4.74 Å². The monoisotopic (exact) mass is 333 g/mol. The van der Waals surface area contributed by atoms with Gasteiger partial charge in [-0.1, -0.05) is 0 Å². The molecule has 2 nitrogen and oxygen atoms in total. The smallest absolute Gasteiger partial charge is 0.144 e. The molecule has 0 spiro atoms. The van der Waals surface area contributed by atoms with E-state index in [0.29, 0.717) is 17.6 Å². The Morgan fingerprint density at radius 1 is 1.42 bits per heavy atom. The zero-order valence-corrected chi connectivity index (χ0v) is 12.6. The average Bonchev–Trinajstić information content (AvgIpc) is 2.40. The number of halogens is 3. The minimum atomic E-state index is -0.501. The van der Waals surface area contributed by atoms with Gasteiger partial charge in [0.2, 0.25) is 0 Å². The molecule has 0 aromatic heterocycles. The van der Waals surface area contributed by atoms with E-state index >= 15 is 0 Å². The number of hydrogen-bond acceptors (Lipinski definition) is 2. The van der Waals surface area contributed by atoms with Crippen LogP contribution in [0.3, 0.4) is 0 Å². The van der Waals surface area contributed by atoms with Gasteiger partial charge in [0.1, 0.15) is 11.6 Å². The Labute approximate surface area is 120 Å². The standard InChI is InChI=1S/C14H18BrF2NO/c1-2-19-10-4-3-7-18(8-10)9-11-13(16)6-5-12(15)14(11)17/h5-6,10H,2-4,7-9H2,1H3. The quantitative estimate of drug-likeness (QED) is 0.778. The minimum Gasteiger partial charge on any atom is -0.377 e. The normalized spacial score (nSPS) is 20.7. The van der Waals surface area contributed by atoms with Crippen molar-refractivity contribution in [1.29, 1.82) is 0 Å². The van der Waals surface area contributed by atoms with E-state index in [-0.39, 0.29) is 11.7 Å². The molecule has 1 aliphatic heterocycles. The molecule has 1 fully saturated rings. The number of ether oxygens (including phenoxy) is 1. The zero-order chi connectivity index (χ0) is 13.8. The molecule has 106 valence electrons. The molecule has 0 amide bonds. The molecule has 1 heterocycles. The highest BCUT2D eigenvalue weighted by Crippen LogP contribution is 2.24. The number of rotatable bonds is 4. The summed E-state index contributed by atoms with van der Waals surface area (Å²) in [5, 5.41) is 0. The van der Waals surface area contributed by atoms with Crippen LogP contribution in [0.5, 0.6) is 0 Å². The van der Waals surface area contributed by atoms with Crippen molar-refractivity contribution in [3.8, 4) is 0 Å². The molecule has 1 aromatic rings. The van der Waals surface area contributed by atoms with Crippen LogP contribution < -0.4 is 0 Å². The highest BCUT2D eigenvalue weighted by molar-refractivity contribution is 9.10. The largest absolute Gasteiger partial charge is 0.377 e. The lowest BCUT2D eigenvalue weighted by atomic mass is 10.1. The highest BCUT2D eigenvalue weighted by atomic mass is 79.9. The van der Waals surface area contributed by atoms with Gasteiger partial charge in [-0.3, -0.25) is 4.90 Å². The fraction of sp³-hybridized carbons (Fsp3) is 0.571. The van der Waals surface area contributed by atoms with Crippen molar-refractivity contribution in [3.63, 3.8) is 0 Å². The second kappa shape index (κ2) is 6.77. The van der Waals surface area contributed by atoms with Gasteiger partial charge in [0.15, 0.2) is 0 Å². The molecular weight excluding hydrogens is 316 g/mol. The molecule has 5 heteroatoms. The Balaban J connectivity index is 2.06. The maximum absolute atomic E-state index is 13.9. The SMILES string of the molecule is CCOC1CCCN(Cc2c(F)ccc(Br)c2F)C1. The average molecular weight is 334 g/mol. The topological polar surface area (TPSA) is 12.5 Å². The summed E-state index contributed by atoms with van der Waals surface area (Å²) in [5.41, 5.74) is 0.131. The lowest BCUT2D eigenvalue weighted by Crippen LogP contribution is -2.39. The minimum absolute atomic E-state index is 0.131. The lowest BCUT2D eigenvalue weighted by Gasteiger charge is -2.32. The summed E-state index contributed by atoms with van der Waals surface area (Å²) in [5.74, 6) is -0.988. The third kappa shape index (κ3) is 3.74. The fourth-order valence-electron chi connectivity index (χ4n) is 2.47. The van der Waals surface area contributed by atoms with E-state index in [2.05, 4.69) is 20.8 Å². The summed E-state index contributed by atoms with van der Waals surface area (Å²) < 4.78 is 33.5. The van der Waals surface area contributed by atoms with Crippen LogP contribution in [-0.4, -0.2) is 30.7 Å². The van der Waals surface area contributed by atoms with Crippen LogP contribution in [0.2, 0.25) is 0 Å². The van der Waals surface area contributed by atoms with Crippen LogP contribution in [0, 0.1) is 11.6 Å². The number of benzene rings is 1. The number of piperidine rings is 1. The Bertz CT molecular complexity index is 440. The summed E-state index contributed by atoms with van der Waals surface area (Å²) >= 11 is 3.10. The maximum atomic E-state index is 13.9. The molecule has 1 atom stereocenters. The van der Waals surface area contributed by atoms with Crippen LogP contribution >= 0.6 is 15.9 Å². The fourth-order valence-corrected chi connectivity index (χ4v) is 2.84. The molecule has 2 rings (SSSR count). The Hall–Kier alpha value is -0.520. The van der Waals surface area contributed by atoms with E-state index in [1.165, 1.54) is 12.1 Å². The number of likely N-dealkylation sites (tertiary alicyclic amines) is 1. The summed E-state index contributed by atoms with van der Waals surface area (Å²) in [6, 6.07) is 2.69. The third-order valence-corrected chi connectivity index (χ3v) is 4.00. The van der Waals surface area contributed by atoms with Gasteiger partial charge in [0.05, 0.1) is 10.6 Å². The van der Waals surface area contributed by atoms with E-state index in [1.54, 1.807) is 0 Å². The first-order valence-corrected chi connectivity index (χ1v) is 7.37. The van der Waals surface area contributed by atoms with Crippen molar-refractivity contribution in [3.05, 3.63) is 33.8 Å². The number of nitrogens with zero attached hydrogens (tertiary/aromatic N) is 1. The second-order valence-corrected chi connectivity index (χ2v) is 5.63. The Morgan fingerprint density at radius 2 is 2.21 bits per heavy atom. The van der Waals surface area contributed by atoms with Gasteiger partial charge in [-0.2, -0.15) is 0 Å². The lowest BCUT2D eigenvalue weighted by molar-refractivity contribution is 0.00307. The molecule has 0 N–H and O–H groups in total. The maximum Gasteiger partial charge on any atom is 0.144 e. The van der Waals surface area contributed by atoms with Gasteiger partial charge in [0.25, 0.3) is 0 Å². The van der Waals surface area contributed by atoms with Gasteiger partial charge in [-0.05, 0) is 54.4 Å². The van der Waals surface area contributed by atoms with Gasteiger partial charge in [0, 0.05) is 25.3 Å². The van der Waals surface area contributed by atoms with E-state index < -0.39 is 11.6 Å². The second-order valence-electron chi connectivity index (χ2n) is 4.78. The first kappa shape index (κ1) is 14.9. The van der Waals surface area contributed by atoms with E-state index in [4.69, 9.17) is 4.74 Å². The molecule has 19 heavy (non-hydrogen) atoms. The van der Waals surface area contributed by atoms with Crippen LogP contribution in [0.4, 0.5) is 8.78 Å². The summed E-state index contributed by atoms with van der Waals surface area (Å²) in [6.07, 6.45) is 2.20. The van der Waals surface area contributed by atoms with Crippen LogP contribution in [0.1, 0.15) is 25.3 Å². The van der Waals surface area contributed by atoms with Crippen molar-refractivity contribution in [2.45, 2.75) is 32.4 Å². The summed E-state index contributed by atoms with van der Waals surface area (Å²) in [6.45, 7) is 4.53. The van der Waals surface area contributed by atoms with Crippen molar-refractivity contribution < 1.29 is 13.5 Å². The number of hydrogen-bond donors (Lipinski definition) is 0. The third-order valence-electron chi connectivity index (χ3n) is 3.39. The Kier molecular flexibility index (Phi) is 5.30. The molecule has 0 saturated carbocycles. The molecule has 0 radical (unpaired) electrons. The van der Waals surface area contributed by atoms with E-state index in [0.717, 1.165) is 25.9 Å². The van der Waals surface area contributed by atoms with Gasteiger partial charge in [-0.25, -0.2) is 8.78 Å².